The first-order chi connectivity index (χ1) is 8.76. The van der Waals surface area contributed by atoms with E-state index in [9.17, 15) is 4.79 Å². The number of carbonyl (C=O) groups excluding carboxylic acids is 1. The lowest BCUT2D eigenvalue weighted by Gasteiger charge is -2.01. The minimum Gasteiger partial charge on any atom is -0.464 e. The third-order valence-corrected chi connectivity index (χ3v) is 3.42. The van der Waals surface area contributed by atoms with Gasteiger partial charge in [-0.2, -0.15) is 0 Å². The number of fused-ring (bicyclic) bond motifs is 1. The van der Waals surface area contributed by atoms with Gasteiger partial charge in [-0.05, 0) is 30.9 Å². The number of furan rings is 1. The molecule has 1 aliphatic rings. The van der Waals surface area contributed by atoms with Crippen LogP contribution in [-0.4, -0.2) is 11.9 Å². The topological polar surface area (TPSA) is 42.2 Å². The summed E-state index contributed by atoms with van der Waals surface area (Å²) in [5.74, 6) is 0.0970. The zero-order valence-electron chi connectivity index (χ0n) is 10.5. The maximum Gasteiger partial charge on any atom is 0.224 e. The molecular formula is C15H17NO2. The molecule has 0 unspecified atom stereocenters. The Kier molecular flexibility index (Phi) is 2.82. The van der Waals surface area contributed by atoms with Gasteiger partial charge in [-0.25, -0.2) is 0 Å². The van der Waals surface area contributed by atoms with Gasteiger partial charge in [0.1, 0.15) is 5.58 Å². The largest absolute Gasteiger partial charge is 0.464 e. The highest BCUT2D eigenvalue weighted by Gasteiger charge is 2.23. The molecule has 0 atom stereocenters. The van der Waals surface area contributed by atoms with Gasteiger partial charge in [-0.1, -0.05) is 19.1 Å². The first-order valence-corrected chi connectivity index (χ1v) is 6.54. The Morgan fingerprint density at radius 2 is 2.28 bits per heavy atom. The van der Waals surface area contributed by atoms with Crippen molar-refractivity contribution in [2.45, 2.75) is 38.6 Å². The van der Waals surface area contributed by atoms with E-state index in [1.807, 2.05) is 0 Å². The average Bonchev–Trinajstić information content (AvgIpc) is 3.10. The lowest BCUT2D eigenvalue weighted by atomic mass is 10.1. The van der Waals surface area contributed by atoms with Crippen LogP contribution in [0.25, 0.3) is 11.0 Å². The van der Waals surface area contributed by atoms with Gasteiger partial charge in [0.05, 0.1) is 12.7 Å². The van der Waals surface area contributed by atoms with Crippen LogP contribution in [0.2, 0.25) is 0 Å². The van der Waals surface area contributed by atoms with Crippen molar-refractivity contribution in [2.24, 2.45) is 0 Å². The molecule has 3 nitrogen and oxygen atoms in total. The molecule has 1 heterocycles. The third-order valence-electron chi connectivity index (χ3n) is 3.42. The minimum absolute atomic E-state index is 0.0970. The average molecular weight is 243 g/mol. The summed E-state index contributed by atoms with van der Waals surface area (Å²) in [6.45, 7) is 2.12. The molecule has 18 heavy (non-hydrogen) atoms. The normalized spacial score (nSPS) is 14.9. The molecule has 1 saturated carbocycles. The molecule has 1 N–H and O–H groups in total. The molecule has 0 bridgehead atoms. The van der Waals surface area contributed by atoms with Crippen LogP contribution < -0.4 is 5.32 Å². The predicted octanol–water partition coefficient (Wildman–Crippen LogP) is 2.82. The molecule has 1 amide bonds. The molecule has 0 saturated heterocycles. The van der Waals surface area contributed by atoms with Crippen molar-refractivity contribution in [3.63, 3.8) is 0 Å². The van der Waals surface area contributed by atoms with Crippen LogP contribution in [-0.2, 0) is 17.6 Å². The van der Waals surface area contributed by atoms with Gasteiger partial charge in [0.2, 0.25) is 5.91 Å². The number of hydrogen-bond acceptors (Lipinski definition) is 2. The Hall–Kier alpha value is -1.77. The van der Waals surface area contributed by atoms with E-state index in [1.54, 1.807) is 6.26 Å². The van der Waals surface area contributed by atoms with Crippen LogP contribution in [0.1, 0.15) is 30.9 Å². The van der Waals surface area contributed by atoms with E-state index in [2.05, 4.69) is 30.4 Å². The Bertz CT molecular complexity index is 581. The summed E-state index contributed by atoms with van der Waals surface area (Å²) < 4.78 is 5.53. The molecule has 0 spiro atoms. The van der Waals surface area contributed by atoms with Crippen LogP contribution in [0.15, 0.2) is 28.9 Å². The summed E-state index contributed by atoms with van der Waals surface area (Å²) in [7, 11) is 0. The Labute approximate surface area is 106 Å². The molecule has 0 radical (unpaired) electrons. The zero-order valence-corrected chi connectivity index (χ0v) is 10.5. The molecule has 1 aliphatic carbocycles. The van der Waals surface area contributed by atoms with Crippen LogP contribution in [0.3, 0.4) is 0 Å². The van der Waals surface area contributed by atoms with E-state index in [0.29, 0.717) is 12.5 Å². The summed E-state index contributed by atoms with van der Waals surface area (Å²) in [5, 5.41) is 4.05. The number of nitrogens with one attached hydrogen (secondary N) is 1. The molecule has 3 rings (SSSR count). The molecule has 0 aliphatic heterocycles. The van der Waals surface area contributed by atoms with E-state index in [-0.39, 0.29) is 5.91 Å². The summed E-state index contributed by atoms with van der Waals surface area (Å²) in [4.78, 5) is 11.8. The summed E-state index contributed by atoms with van der Waals surface area (Å²) in [6.07, 6.45) is 5.36. The highest BCUT2D eigenvalue weighted by atomic mass is 16.3. The number of amides is 1. The SMILES string of the molecule is CCc1ccc2c(CC(=O)NC3CC3)coc2c1. The van der Waals surface area contributed by atoms with Gasteiger partial charge in [-0.15, -0.1) is 0 Å². The van der Waals surface area contributed by atoms with Crippen molar-refractivity contribution in [1.29, 1.82) is 0 Å². The predicted molar refractivity (Wildman–Crippen MR) is 70.5 cm³/mol. The second kappa shape index (κ2) is 4.48. The van der Waals surface area contributed by atoms with E-state index >= 15 is 0 Å². The monoisotopic (exact) mass is 243 g/mol. The van der Waals surface area contributed by atoms with Gasteiger partial charge in [-0.3, -0.25) is 4.79 Å². The van der Waals surface area contributed by atoms with Gasteiger partial charge in [0, 0.05) is 17.0 Å². The van der Waals surface area contributed by atoms with Crippen molar-refractivity contribution in [3.05, 3.63) is 35.6 Å². The third kappa shape index (κ3) is 2.26. The standard InChI is InChI=1S/C15H17NO2/c1-2-10-3-6-13-11(9-18-14(13)7-10)8-15(17)16-12-4-5-12/h3,6-7,9,12H,2,4-5,8H2,1H3,(H,16,17). The van der Waals surface area contributed by atoms with Crippen molar-refractivity contribution in [2.75, 3.05) is 0 Å². The molecule has 94 valence electrons. The molecular weight excluding hydrogens is 226 g/mol. The van der Waals surface area contributed by atoms with Crippen molar-refractivity contribution in [1.82, 2.24) is 5.32 Å². The number of rotatable bonds is 4. The second-order valence-corrected chi connectivity index (χ2v) is 4.96. The molecule has 1 fully saturated rings. The van der Waals surface area contributed by atoms with Crippen molar-refractivity contribution < 1.29 is 9.21 Å². The smallest absolute Gasteiger partial charge is 0.224 e. The Morgan fingerprint density at radius 1 is 1.44 bits per heavy atom. The van der Waals surface area contributed by atoms with E-state index in [1.165, 1.54) is 5.56 Å². The number of aryl methyl sites for hydroxylation is 1. The van der Waals surface area contributed by atoms with E-state index < -0.39 is 0 Å². The highest BCUT2D eigenvalue weighted by Crippen LogP contribution is 2.24. The van der Waals surface area contributed by atoms with Gasteiger partial charge in [0.25, 0.3) is 0 Å². The second-order valence-electron chi connectivity index (χ2n) is 4.96. The fourth-order valence-corrected chi connectivity index (χ4v) is 2.16. The highest BCUT2D eigenvalue weighted by molar-refractivity contribution is 5.88. The van der Waals surface area contributed by atoms with E-state index in [4.69, 9.17) is 4.42 Å². The summed E-state index contributed by atoms with van der Waals surface area (Å²) in [5.41, 5.74) is 3.11. The fourth-order valence-electron chi connectivity index (χ4n) is 2.16. The minimum atomic E-state index is 0.0970. The summed E-state index contributed by atoms with van der Waals surface area (Å²) in [6, 6.07) is 6.62. The zero-order chi connectivity index (χ0) is 12.5. The van der Waals surface area contributed by atoms with Gasteiger partial charge < -0.3 is 9.73 Å². The molecule has 1 aromatic carbocycles. The maximum atomic E-state index is 11.8. The van der Waals surface area contributed by atoms with Crippen LogP contribution in [0.4, 0.5) is 0 Å². The first-order valence-electron chi connectivity index (χ1n) is 6.54. The summed E-state index contributed by atoms with van der Waals surface area (Å²) >= 11 is 0. The van der Waals surface area contributed by atoms with Gasteiger partial charge in [0.15, 0.2) is 0 Å². The maximum absolute atomic E-state index is 11.8. The van der Waals surface area contributed by atoms with Crippen molar-refractivity contribution >= 4 is 16.9 Å². The van der Waals surface area contributed by atoms with Crippen LogP contribution in [0.5, 0.6) is 0 Å². The lowest BCUT2D eigenvalue weighted by molar-refractivity contribution is -0.120. The van der Waals surface area contributed by atoms with Gasteiger partial charge >= 0.3 is 0 Å². The molecule has 2 aromatic rings. The lowest BCUT2D eigenvalue weighted by Crippen LogP contribution is -2.26. The number of benzene rings is 1. The molecule has 1 aromatic heterocycles. The van der Waals surface area contributed by atoms with Crippen molar-refractivity contribution in [3.8, 4) is 0 Å². The fraction of sp³-hybridized carbons (Fsp3) is 0.400. The van der Waals surface area contributed by atoms with Crippen LogP contribution >= 0.6 is 0 Å². The quantitative estimate of drug-likeness (QED) is 0.897. The Balaban J connectivity index is 1.81. The number of hydrogen-bond donors (Lipinski definition) is 1. The van der Waals surface area contributed by atoms with E-state index in [0.717, 1.165) is 35.8 Å². The first kappa shape index (κ1) is 11.3. The van der Waals surface area contributed by atoms with Crippen LogP contribution in [0, 0.1) is 0 Å². The molecule has 3 heteroatoms. The Morgan fingerprint density at radius 3 is 3.00 bits per heavy atom. The number of carbonyl (C=O) groups is 1.